The fourth-order valence-electron chi connectivity index (χ4n) is 3.38. The van der Waals surface area contributed by atoms with Gasteiger partial charge in [-0.05, 0) is 29.0 Å². The highest BCUT2D eigenvalue weighted by Gasteiger charge is 2.22. The number of aromatic nitrogens is 2. The minimum Gasteiger partial charge on any atom is -0.454 e. The number of carbonyl (C=O) groups is 1. The maximum atomic E-state index is 12.5. The zero-order valence-electron chi connectivity index (χ0n) is 18.4. The number of aryl methyl sites for hydroxylation is 1. The van der Waals surface area contributed by atoms with Gasteiger partial charge in [-0.25, -0.2) is 13.1 Å². The predicted octanol–water partition coefficient (Wildman–Crippen LogP) is 4.19. The van der Waals surface area contributed by atoms with Gasteiger partial charge in [0.25, 0.3) is 11.6 Å². The second-order valence-electron chi connectivity index (χ2n) is 7.47. The molecular formula is C22H18N6O6S. The van der Waals surface area contributed by atoms with Gasteiger partial charge < -0.3 is 10.5 Å². The molecule has 1 amide bonds. The number of nitro groups is 1. The molecule has 1 aromatic heterocycles. The van der Waals surface area contributed by atoms with Gasteiger partial charge in [0, 0.05) is 25.4 Å². The highest BCUT2D eigenvalue weighted by atomic mass is 32.2. The van der Waals surface area contributed by atoms with Gasteiger partial charge in [-0.1, -0.05) is 24.3 Å². The van der Waals surface area contributed by atoms with Crippen molar-refractivity contribution in [3.8, 4) is 11.5 Å². The van der Waals surface area contributed by atoms with E-state index in [1.54, 1.807) is 30.3 Å². The molecule has 13 heteroatoms. The molecule has 12 nitrogen and oxygen atoms in total. The maximum Gasteiger partial charge on any atom is 0.269 e. The molecule has 3 aromatic carbocycles. The Morgan fingerprint density at radius 1 is 1.14 bits per heavy atom. The molecule has 0 atom stereocenters. The van der Waals surface area contributed by atoms with Gasteiger partial charge >= 0.3 is 0 Å². The van der Waals surface area contributed by atoms with Crippen molar-refractivity contribution in [1.82, 2.24) is 9.78 Å². The molecule has 4 aromatic rings. The van der Waals surface area contributed by atoms with Crippen molar-refractivity contribution >= 4 is 43.7 Å². The summed E-state index contributed by atoms with van der Waals surface area (Å²) in [4.78, 5) is 22.8. The molecule has 0 bridgehead atoms. The van der Waals surface area contributed by atoms with E-state index in [2.05, 4.69) is 15.3 Å². The highest BCUT2D eigenvalue weighted by Crippen LogP contribution is 2.41. The number of non-ortho nitro benzene ring substituents is 1. The SMILES string of the molecule is Cn1ncc(S(C)(=O)=O)c1/N=N/c1cc2ccccc2c(C(N)=O)c1Oc1ccc([N+](=O)[O-])cc1. The molecule has 2 N–H and O–H groups in total. The van der Waals surface area contributed by atoms with Gasteiger partial charge in [0.2, 0.25) is 0 Å². The van der Waals surface area contributed by atoms with E-state index >= 15 is 0 Å². The molecule has 0 spiro atoms. The number of rotatable bonds is 7. The normalized spacial score (nSPS) is 11.7. The van der Waals surface area contributed by atoms with Crippen LogP contribution in [0, 0.1) is 10.1 Å². The van der Waals surface area contributed by atoms with Crippen LogP contribution < -0.4 is 10.5 Å². The van der Waals surface area contributed by atoms with Crippen LogP contribution in [0.15, 0.2) is 75.9 Å². The number of ether oxygens (including phenoxy) is 1. The van der Waals surface area contributed by atoms with Gasteiger partial charge in [0.15, 0.2) is 21.4 Å². The molecule has 178 valence electrons. The fourth-order valence-corrected chi connectivity index (χ4v) is 4.12. The number of hydrogen-bond acceptors (Lipinski definition) is 9. The Bertz CT molecular complexity index is 1610. The Morgan fingerprint density at radius 2 is 1.83 bits per heavy atom. The first-order chi connectivity index (χ1) is 16.6. The number of fused-ring (bicyclic) bond motifs is 1. The summed E-state index contributed by atoms with van der Waals surface area (Å²) in [6.45, 7) is 0. The third-order valence-corrected chi connectivity index (χ3v) is 6.11. The van der Waals surface area contributed by atoms with Gasteiger partial charge in [-0.3, -0.25) is 14.9 Å². The average molecular weight is 494 g/mol. The largest absolute Gasteiger partial charge is 0.454 e. The molecule has 0 saturated heterocycles. The molecular weight excluding hydrogens is 476 g/mol. The van der Waals surface area contributed by atoms with Crippen molar-refractivity contribution in [2.45, 2.75) is 4.90 Å². The Morgan fingerprint density at radius 3 is 2.46 bits per heavy atom. The van der Waals surface area contributed by atoms with Crippen molar-refractivity contribution in [3.63, 3.8) is 0 Å². The second kappa shape index (κ2) is 8.95. The lowest BCUT2D eigenvalue weighted by molar-refractivity contribution is -0.384. The molecule has 1 heterocycles. The van der Waals surface area contributed by atoms with Crippen molar-refractivity contribution in [2.75, 3.05) is 6.26 Å². The smallest absolute Gasteiger partial charge is 0.269 e. The molecule has 0 saturated carbocycles. The number of nitrogens with two attached hydrogens (primary N) is 1. The summed E-state index contributed by atoms with van der Waals surface area (Å²) in [5.41, 5.74) is 5.64. The minimum absolute atomic E-state index is 0.0174. The molecule has 0 fully saturated rings. The highest BCUT2D eigenvalue weighted by molar-refractivity contribution is 7.90. The van der Waals surface area contributed by atoms with E-state index in [-0.39, 0.29) is 39.2 Å². The summed E-state index contributed by atoms with van der Waals surface area (Å²) in [5.74, 6) is -0.686. The third kappa shape index (κ3) is 4.70. The van der Waals surface area contributed by atoms with Crippen LogP contribution in [0.2, 0.25) is 0 Å². The van der Waals surface area contributed by atoms with Gasteiger partial charge in [-0.2, -0.15) is 5.10 Å². The summed E-state index contributed by atoms with van der Waals surface area (Å²) in [7, 11) is -2.13. The monoisotopic (exact) mass is 494 g/mol. The lowest BCUT2D eigenvalue weighted by atomic mass is 10.0. The third-order valence-electron chi connectivity index (χ3n) is 5.02. The number of nitrogens with zero attached hydrogens (tertiary/aromatic N) is 5. The van der Waals surface area contributed by atoms with E-state index in [9.17, 15) is 23.3 Å². The van der Waals surface area contributed by atoms with E-state index in [1.807, 2.05) is 0 Å². The fraction of sp³-hybridized carbons (Fsp3) is 0.0909. The van der Waals surface area contributed by atoms with E-state index in [1.165, 1.54) is 36.0 Å². The van der Waals surface area contributed by atoms with Crippen molar-refractivity contribution in [2.24, 2.45) is 23.0 Å². The lowest BCUT2D eigenvalue weighted by Crippen LogP contribution is -2.13. The summed E-state index contributed by atoms with van der Waals surface area (Å²) in [6.07, 6.45) is 2.18. The Balaban J connectivity index is 1.91. The minimum atomic E-state index is -3.64. The van der Waals surface area contributed by atoms with Gasteiger partial charge in [0.05, 0.1) is 16.7 Å². The van der Waals surface area contributed by atoms with Crippen molar-refractivity contribution < 1.29 is 22.9 Å². The van der Waals surface area contributed by atoms with Crippen LogP contribution in [-0.2, 0) is 16.9 Å². The van der Waals surface area contributed by atoms with Gasteiger partial charge in [0.1, 0.15) is 16.3 Å². The molecule has 0 radical (unpaired) electrons. The molecule has 0 aliphatic rings. The number of benzene rings is 3. The first-order valence-electron chi connectivity index (χ1n) is 9.98. The first-order valence-corrected chi connectivity index (χ1v) is 11.9. The molecule has 0 aliphatic heterocycles. The number of amides is 1. The van der Waals surface area contributed by atoms with E-state index < -0.39 is 20.7 Å². The summed E-state index contributed by atoms with van der Waals surface area (Å²) in [6, 6.07) is 13.7. The van der Waals surface area contributed by atoms with Crippen LogP contribution >= 0.6 is 0 Å². The lowest BCUT2D eigenvalue weighted by Gasteiger charge is -2.14. The summed E-state index contributed by atoms with van der Waals surface area (Å²) < 4.78 is 31.4. The Kier molecular flexibility index (Phi) is 6.01. The van der Waals surface area contributed by atoms with Crippen LogP contribution in [0.4, 0.5) is 17.2 Å². The zero-order chi connectivity index (χ0) is 25.3. The Labute approximate surface area is 198 Å². The van der Waals surface area contributed by atoms with Crippen LogP contribution in [0.1, 0.15) is 10.4 Å². The van der Waals surface area contributed by atoms with Crippen LogP contribution in [0.5, 0.6) is 11.5 Å². The van der Waals surface area contributed by atoms with E-state index in [4.69, 9.17) is 10.5 Å². The van der Waals surface area contributed by atoms with Crippen LogP contribution in [0.3, 0.4) is 0 Å². The van der Waals surface area contributed by atoms with E-state index in [0.29, 0.717) is 10.8 Å². The van der Waals surface area contributed by atoms with Crippen molar-refractivity contribution in [1.29, 1.82) is 0 Å². The Hall–Kier alpha value is -4.65. The topological polar surface area (TPSA) is 172 Å². The average Bonchev–Trinajstić information content (AvgIpc) is 3.18. The number of carbonyl (C=O) groups excluding carboxylic acids is 1. The number of azo groups is 1. The first kappa shape index (κ1) is 23.5. The molecule has 35 heavy (non-hydrogen) atoms. The van der Waals surface area contributed by atoms with Gasteiger partial charge in [-0.15, -0.1) is 10.2 Å². The maximum absolute atomic E-state index is 12.5. The van der Waals surface area contributed by atoms with Crippen LogP contribution in [-0.4, -0.2) is 35.3 Å². The number of sulfone groups is 1. The summed E-state index contributed by atoms with van der Waals surface area (Å²) >= 11 is 0. The number of primary amides is 1. The zero-order valence-corrected chi connectivity index (χ0v) is 19.3. The standard InChI is InChI=1S/C22H18N6O6S/c1-27-22(18(12-24-27)35(2,32)33)26-25-17-11-13-5-3-4-6-16(13)19(21(23)29)20(17)34-15-9-7-14(8-10-15)28(30)31/h3-12H,1-2H3,(H2,23,29)/b26-25+. The molecule has 0 unspecified atom stereocenters. The predicted molar refractivity (Wildman–Crippen MR) is 126 cm³/mol. The number of nitro benzene ring substituents is 1. The summed E-state index contributed by atoms with van der Waals surface area (Å²) in [5, 5.41) is 24.2. The van der Waals surface area contributed by atoms with E-state index in [0.717, 1.165) is 12.5 Å². The molecule has 0 aliphatic carbocycles. The number of hydrogen-bond donors (Lipinski definition) is 1. The van der Waals surface area contributed by atoms with Crippen molar-refractivity contribution in [3.05, 3.63) is 76.5 Å². The molecule has 4 rings (SSSR count). The quantitative estimate of drug-likeness (QED) is 0.228. The van der Waals surface area contributed by atoms with Crippen LogP contribution in [0.25, 0.3) is 10.8 Å². The second-order valence-corrected chi connectivity index (χ2v) is 9.45.